The van der Waals surface area contributed by atoms with E-state index in [1.54, 1.807) is 0 Å². The Hall–Kier alpha value is -1.37. The van der Waals surface area contributed by atoms with Crippen molar-refractivity contribution in [3.05, 3.63) is 35.9 Å². The van der Waals surface area contributed by atoms with Crippen LogP contribution in [0.3, 0.4) is 0 Å². The van der Waals surface area contributed by atoms with E-state index in [4.69, 9.17) is 0 Å². The van der Waals surface area contributed by atoms with Crippen molar-refractivity contribution in [2.24, 2.45) is 0 Å². The van der Waals surface area contributed by atoms with Gasteiger partial charge in [-0.1, -0.05) is 55.9 Å². The predicted molar refractivity (Wildman–Crippen MR) is 95.5 cm³/mol. The van der Waals surface area contributed by atoms with Crippen LogP contribution in [-0.2, 0) is 11.2 Å². The van der Waals surface area contributed by atoms with Crippen molar-refractivity contribution in [1.29, 1.82) is 0 Å². The number of hydrogen-bond donors (Lipinski definition) is 0. The molecule has 2 nitrogen and oxygen atoms in total. The summed E-state index contributed by atoms with van der Waals surface area (Å²) in [5.41, 5.74) is 4.90. The Balaban J connectivity index is 2.03. The molecule has 1 saturated heterocycles. The van der Waals surface area contributed by atoms with Crippen molar-refractivity contribution in [1.82, 2.24) is 4.90 Å². The van der Waals surface area contributed by atoms with Crippen LogP contribution in [0.1, 0.15) is 24.8 Å². The summed E-state index contributed by atoms with van der Waals surface area (Å²) >= 11 is 0. The topological polar surface area (TPSA) is 20.3 Å². The fourth-order valence-electron chi connectivity index (χ4n) is 2.68. The van der Waals surface area contributed by atoms with Gasteiger partial charge >= 0.3 is 0 Å². The van der Waals surface area contributed by atoms with Crippen LogP contribution in [-0.4, -0.2) is 37.9 Å². The average Bonchev–Trinajstić information content (AvgIpc) is 2.48. The minimum atomic E-state index is -1.36. The lowest BCUT2D eigenvalue weighted by molar-refractivity contribution is -0.121. The second kappa shape index (κ2) is 7.76. The van der Waals surface area contributed by atoms with E-state index in [-0.39, 0.29) is 0 Å². The molecule has 1 aromatic carbocycles. The molecule has 0 saturated carbocycles. The molecule has 118 valence electrons. The molecule has 0 unspecified atom stereocenters. The van der Waals surface area contributed by atoms with E-state index in [0.717, 1.165) is 25.9 Å². The van der Waals surface area contributed by atoms with Crippen LogP contribution >= 0.6 is 0 Å². The molecule has 1 heterocycles. The molecule has 1 fully saturated rings. The van der Waals surface area contributed by atoms with Gasteiger partial charge in [0, 0.05) is 25.9 Å². The number of benzene rings is 1. The van der Waals surface area contributed by atoms with Crippen LogP contribution in [0.2, 0.25) is 19.6 Å². The van der Waals surface area contributed by atoms with Crippen LogP contribution in [0.5, 0.6) is 0 Å². The third-order valence-corrected chi connectivity index (χ3v) is 4.85. The summed E-state index contributed by atoms with van der Waals surface area (Å²) < 4.78 is 0. The molecule has 2 rings (SSSR count). The summed E-state index contributed by atoms with van der Waals surface area (Å²) in [7, 11) is -1.36. The van der Waals surface area contributed by atoms with Gasteiger partial charge in [-0.3, -0.25) is 9.69 Å². The van der Waals surface area contributed by atoms with Gasteiger partial charge in [0.2, 0.25) is 0 Å². The lowest BCUT2D eigenvalue weighted by atomic mass is 10.0. The van der Waals surface area contributed by atoms with Gasteiger partial charge in [-0.25, -0.2) is 0 Å². The molecule has 0 aromatic heterocycles. The van der Waals surface area contributed by atoms with Gasteiger partial charge in [-0.2, -0.15) is 0 Å². The molecule has 0 spiro atoms. The number of hydrogen-bond acceptors (Lipinski definition) is 2. The number of ketones is 1. The molecule has 3 heteroatoms. The number of likely N-dealkylation sites (tertiary alicyclic amines) is 1. The fourth-order valence-corrected chi connectivity index (χ4v) is 3.28. The summed E-state index contributed by atoms with van der Waals surface area (Å²) in [5.74, 6) is 3.94. The van der Waals surface area contributed by atoms with Gasteiger partial charge in [0.15, 0.2) is 0 Å². The SMILES string of the molecule is C[Si](C)(C)C#C[C@H](CCc1ccccc1)N1CCC(=O)CC1. The second-order valence-electron chi connectivity index (χ2n) is 7.13. The first-order valence-electron chi connectivity index (χ1n) is 8.26. The number of aryl methyl sites for hydroxylation is 1. The molecule has 0 aliphatic carbocycles. The molecule has 1 aromatic rings. The van der Waals surface area contributed by atoms with E-state index in [0.29, 0.717) is 24.7 Å². The standard InChI is InChI=1S/C19H27NOSi/c1-22(2,3)16-13-18(20-14-11-19(21)12-15-20)10-9-17-7-5-4-6-8-17/h4-8,18H,9-12,14-15H2,1-3H3/t18-/m0/s1. The molecule has 1 atom stereocenters. The zero-order chi connectivity index (χ0) is 16.0. The first-order chi connectivity index (χ1) is 10.4. The van der Waals surface area contributed by atoms with Crippen LogP contribution in [0.15, 0.2) is 30.3 Å². The molecule has 0 N–H and O–H groups in total. The van der Waals surface area contributed by atoms with Crippen molar-refractivity contribution in [2.75, 3.05) is 13.1 Å². The maximum atomic E-state index is 11.5. The lowest BCUT2D eigenvalue weighted by Crippen LogP contribution is -2.41. The first kappa shape index (κ1) is 17.0. The summed E-state index contributed by atoms with van der Waals surface area (Å²) in [4.78, 5) is 13.9. The normalized spacial score (nSPS) is 17.7. The van der Waals surface area contributed by atoms with Gasteiger partial charge in [-0.05, 0) is 18.4 Å². The minimum Gasteiger partial charge on any atom is -0.300 e. The van der Waals surface area contributed by atoms with Gasteiger partial charge < -0.3 is 0 Å². The molecular weight excluding hydrogens is 286 g/mol. The fraction of sp³-hybridized carbons (Fsp3) is 0.526. The zero-order valence-electron chi connectivity index (χ0n) is 14.1. The summed E-state index contributed by atoms with van der Waals surface area (Å²) in [6.07, 6.45) is 3.49. The van der Waals surface area contributed by atoms with E-state index >= 15 is 0 Å². The number of rotatable bonds is 4. The molecule has 0 amide bonds. The maximum Gasteiger partial charge on any atom is 0.135 e. The van der Waals surface area contributed by atoms with Gasteiger partial charge in [0.05, 0.1) is 6.04 Å². The largest absolute Gasteiger partial charge is 0.300 e. The Bertz CT molecular complexity index is 540. The van der Waals surface area contributed by atoms with E-state index in [1.807, 2.05) is 0 Å². The zero-order valence-corrected chi connectivity index (χ0v) is 15.1. The average molecular weight is 314 g/mol. The highest BCUT2D eigenvalue weighted by molar-refractivity contribution is 6.83. The van der Waals surface area contributed by atoms with Crippen LogP contribution in [0, 0.1) is 11.5 Å². The Morgan fingerprint density at radius 3 is 2.36 bits per heavy atom. The van der Waals surface area contributed by atoms with Gasteiger partial charge in [0.1, 0.15) is 13.9 Å². The Labute approximate surface area is 135 Å². The predicted octanol–water partition coefficient (Wildman–Crippen LogP) is 3.53. The highest BCUT2D eigenvalue weighted by Crippen LogP contribution is 2.15. The quantitative estimate of drug-likeness (QED) is 0.626. The van der Waals surface area contributed by atoms with Gasteiger partial charge in [0.25, 0.3) is 0 Å². The van der Waals surface area contributed by atoms with E-state index in [9.17, 15) is 4.79 Å². The molecule has 22 heavy (non-hydrogen) atoms. The van der Waals surface area contributed by atoms with Crippen LogP contribution in [0.4, 0.5) is 0 Å². The monoisotopic (exact) mass is 313 g/mol. The number of carbonyl (C=O) groups is 1. The molecule has 0 bridgehead atoms. The number of piperidine rings is 1. The lowest BCUT2D eigenvalue weighted by Gasteiger charge is -2.31. The maximum absolute atomic E-state index is 11.5. The molecular formula is C19H27NOSi. The number of carbonyl (C=O) groups excluding carboxylic acids is 1. The summed E-state index contributed by atoms with van der Waals surface area (Å²) in [5, 5.41) is 0. The van der Waals surface area contributed by atoms with Crippen molar-refractivity contribution >= 4 is 13.9 Å². The van der Waals surface area contributed by atoms with E-state index in [1.165, 1.54) is 5.56 Å². The van der Waals surface area contributed by atoms with Crippen molar-refractivity contribution in [3.63, 3.8) is 0 Å². The highest BCUT2D eigenvalue weighted by atomic mass is 28.3. The van der Waals surface area contributed by atoms with Crippen molar-refractivity contribution in [2.45, 2.75) is 51.4 Å². The molecule has 1 aliphatic heterocycles. The number of Topliss-reactive ketones (excluding diaryl/α,β-unsaturated/α-hetero) is 1. The highest BCUT2D eigenvalue weighted by Gasteiger charge is 2.22. The first-order valence-corrected chi connectivity index (χ1v) is 11.8. The summed E-state index contributed by atoms with van der Waals surface area (Å²) in [6.45, 7) is 8.60. The summed E-state index contributed by atoms with van der Waals surface area (Å²) in [6, 6.07) is 10.9. The van der Waals surface area contributed by atoms with Crippen molar-refractivity contribution < 1.29 is 4.79 Å². The minimum absolute atomic E-state index is 0.292. The Kier molecular flexibility index (Phi) is 5.99. The molecule has 1 aliphatic rings. The van der Waals surface area contributed by atoms with Crippen LogP contribution in [0.25, 0.3) is 0 Å². The van der Waals surface area contributed by atoms with Crippen molar-refractivity contribution in [3.8, 4) is 11.5 Å². The third-order valence-electron chi connectivity index (χ3n) is 3.96. The third kappa shape index (κ3) is 5.79. The second-order valence-corrected chi connectivity index (χ2v) is 11.9. The smallest absolute Gasteiger partial charge is 0.135 e. The van der Waals surface area contributed by atoms with Gasteiger partial charge in [-0.15, -0.1) is 5.54 Å². The number of nitrogens with zero attached hydrogens (tertiary/aromatic N) is 1. The van der Waals surface area contributed by atoms with E-state index < -0.39 is 8.07 Å². The van der Waals surface area contributed by atoms with Crippen LogP contribution < -0.4 is 0 Å². The Morgan fingerprint density at radius 1 is 1.14 bits per heavy atom. The molecule has 0 radical (unpaired) electrons. The Morgan fingerprint density at radius 2 is 1.77 bits per heavy atom. The van der Waals surface area contributed by atoms with E-state index in [2.05, 4.69) is 66.3 Å².